The fraction of sp³-hybridized carbons (Fsp3) is 0.429. The van der Waals surface area contributed by atoms with Gasteiger partial charge in [-0.1, -0.05) is 13.8 Å². The third kappa shape index (κ3) is 4.64. The average Bonchev–Trinajstić information content (AvgIpc) is 3.34. The second kappa shape index (κ2) is 8.73. The number of hydrogen-bond acceptors (Lipinski definition) is 6. The van der Waals surface area contributed by atoms with E-state index in [4.69, 9.17) is 4.74 Å². The zero-order valence-corrected chi connectivity index (χ0v) is 18.2. The van der Waals surface area contributed by atoms with Gasteiger partial charge >= 0.3 is 5.97 Å². The van der Waals surface area contributed by atoms with Crippen LogP contribution in [0.2, 0.25) is 0 Å². The Balaban J connectivity index is 1.78. The first kappa shape index (κ1) is 21.0. The number of carbonyl (C=O) groups excluding carboxylic acids is 2. The average molecular weight is 415 g/mol. The molecule has 0 fully saturated rings. The molecule has 7 nitrogen and oxygen atoms in total. The fourth-order valence-corrected chi connectivity index (χ4v) is 3.60. The summed E-state index contributed by atoms with van der Waals surface area (Å²) in [4.78, 5) is 31.4. The van der Waals surface area contributed by atoms with E-state index in [-0.39, 0.29) is 24.5 Å². The number of esters is 1. The molecule has 0 aromatic carbocycles. The normalized spacial score (nSPS) is 11.4. The van der Waals surface area contributed by atoms with E-state index >= 15 is 0 Å². The Morgan fingerprint density at radius 2 is 2.03 bits per heavy atom. The van der Waals surface area contributed by atoms with E-state index in [1.807, 2.05) is 44.5 Å². The highest BCUT2D eigenvalue weighted by Crippen LogP contribution is 2.25. The van der Waals surface area contributed by atoms with E-state index in [0.29, 0.717) is 23.1 Å². The number of amides is 1. The van der Waals surface area contributed by atoms with Crippen LogP contribution >= 0.6 is 11.3 Å². The first-order valence-corrected chi connectivity index (χ1v) is 10.5. The van der Waals surface area contributed by atoms with Gasteiger partial charge in [0.15, 0.2) is 12.3 Å². The Morgan fingerprint density at radius 1 is 1.28 bits per heavy atom. The molecule has 3 heterocycles. The molecular formula is C21H26N4O3S. The zero-order chi connectivity index (χ0) is 21.1. The molecule has 0 bridgehead atoms. The van der Waals surface area contributed by atoms with Gasteiger partial charge in [0.25, 0.3) is 5.91 Å². The first-order valence-electron chi connectivity index (χ1n) is 9.58. The predicted octanol–water partition coefficient (Wildman–Crippen LogP) is 4.01. The molecule has 0 radical (unpaired) electrons. The summed E-state index contributed by atoms with van der Waals surface area (Å²) in [6.07, 6.45) is 1.63. The number of aromatic nitrogens is 3. The van der Waals surface area contributed by atoms with Gasteiger partial charge in [-0.25, -0.2) is 14.5 Å². The molecule has 0 spiro atoms. The highest BCUT2D eigenvalue weighted by atomic mass is 32.1. The Bertz CT molecular complexity index is 1010. The van der Waals surface area contributed by atoms with Crippen LogP contribution in [0.3, 0.4) is 0 Å². The van der Waals surface area contributed by atoms with Crippen molar-refractivity contribution < 1.29 is 14.3 Å². The van der Waals surface area contributed by atoms with Crippen molar-refractivity contribution in [1.82, 2.24) is 19.7 Å². The van der Waals surface area contributed by atoms with Gasteiger partial charge in [0.05, 0.1) is 17.1 Å². The quantitative estimate of drug-likeness (QED) is 0.546. The molecule has 0 saturated carbocycles. The van der Waals surface area contributed by atoms with Crippen LogP contribution < -0.4 is 0 Å². The first-order chi connectivity index (χ1) is 13.8. The van der Waals surface area contributed by atoms with Crippen molar-refractivity contribution >= 4 is 34.2 Å². The zero-order valence-electron chi connectivity index (χ0n) is 17.4. The van der Waals surface area contributed by atoms with Crippen LogP contribution in [0.25, 0.3) is 11.0 Å². The second-order valence-electron chi connectivity index (χ2n) is 7.63. The lowest BCUT2D eigenvalue weighted by molar-refractivity contribution is -0.133. The Kier molecular flexibility index (Phi) is 6.32. The number of likely N-dealkylation sites (N-methyl/N-ethyl adjacent to an activating group) is 1. The summed E-state index contributed by atoms with van der Waals surface area (Å²) >= 11 is 1.58. The van der Waals surface area contributed by atoms with E-state index in [2.05, 4.69) is 10.1 Å². The Morgan fingerprint density at radius 3 is 2.66 bits per heavy atom. The van der Waals surface area contributed by atoms with Crippen LogP contribution in [0, 0.1) is 0 Å². The van der Waals surface area contributed by atoms with Crippen LogP contribution in [0.4, 0.5) is 0 Å². The van der Waals surface area contributed by atoms with Gasteiger partial charge in [0.1, 0.15) is 0 Å². The van der Waals surface area contributed by atoms with Crippen LogP contribution in [-0.2, 0) is 16.1 Å². The van der Waals surface area contributed by atoms with E-state index in [1.54, 1.807) is 40.2 Å². The highest BCUT2D eigenvalue weighted by Gasteiger charge is 2.21. The van der Waals surface area contributed by atoms with Crippen molar-refractivity contribution in [3.05, 3.63) is 45.9 Å². The van der Waals surface area contributed by atoms with Crippen molar-refractivity contribution in [2.24, 2.45) is 0 Å². The standard InChI is InChI=1S/C21H26N4O3S/c1-13(2)18-8-16(17-9-22-25(14(3)4)20(17)23-18)21(27)28-11-19(26)24(5)10-15-6-7-29-12-15/h6-9,12-14H,10-11H2,1-5H3. The van der Waals surface area contributed by atoms with Crippen LogP contribution in [-0.4, -0.2) is 45.2 Å². The molecule has 0 atom stereocenters. The molecule has 8 heteroatoms. The lowest BCUT2D eigenvalue weighted by atomic mass is 10.1. The number of pyridine rings is 1. The number of rotatable bonds is 7. The summed E-state index contributed by atoms with van der Waals surface area (Å²) in [5, 5.41) is 8.96. The maximum Gasteiger partial charge on any atom is 0.339 e. The topological polar surface area (TPSA) is 77.3 Å². The molecule has 3 aromatic heterocycles. The third-order valence-corrected chi connectivity index (χ3v) is 5.37. The minimum absolute atomic E-state index is 0.110. The van der Waals surface area contributed by atoms with Gasteiger partial charge in [0, 0.05) is 25.3 Å². The van der Waals surface area contributed by atoms with Crippen LogP contribution in [0.5, 0.6) is 0 Å². The van der Waals surface area contributed by atoms with E-state index < -0.39 is 5.97 Å². The SMILES string of the molecule is CC(C)c1cc(C(=O)OCC(=O)N(C)Cc2ccsc2)c2cnn(C(C)C)c2n1. The van der Waals surface area contributed by atoms with Crippen molar-refractivity contribution in [2.75, 3.05) is 13.7 Å². The predicted molar refractivity (Wildman–Crippen MR) is 113 cm³/mol. The van der Waals surface area contributed by atoms with Crippen molar-refractivity contribution in [3.8, 4) is 0 Å². The molecule has 154 valence electrons. The number of nitrogens with zero attached hydrogens (tertiary/aromatic N) is 4. The minimum atomic E-state index is -0.542. The van der Waals surface area contributed by atoms with Gasteiger partial charge < -0.3 is 9.64 Å². The van der Waals surface area contributed by atoms with Gasteiger partial charge in [0.2, 0.25) is 0 Å². The Hall–Kier alpha value is -2.74. The number of thiophene rings is 1. The maximum absolute atomic E-state index is 12.8. The summed E-state index contributed by atoms with van der Waals surface area (Å²) in [5.41, 5.74) is 2.88. The highest BCUT2D eigenvalue weighted by molar-refractivity contribution is 7.07. The molecule has 3 aromatic rings. The third-order valence-electron chi connectivity index (χ3n) is 4.64. The van der Waals surface area contributed by atoms with E-state index in [0.717, 1.165) is 11.3 Å². The lowest BCUT2D eigenvalue weighted by Gasteiger charge is -2.16. The number of hydrogen-bond donors (Lipinski definition) is 0. The van der Waals surface area contributed by atoms with Gasteiger partial charge in [-0.2, -0.15) is 16.4 Å². The van der Waals surface area contributed by atoms with Gasteiger partial charge in [-0.15, -0.1) is 0 Å². The lowest BCUT2D eigenvalue weighted by Crippen LogP contribution is -2.30. The number of carbonyl (C=O) groups is 2. The molecule has 0 unspecified atom stereocenters. The van der Waals surface area contributed by atoms with Gasteiger partial charge in [-0.3, -0.25) is 4.79 Å². The summed E-state index contributed by atoms with van der Waals surface area (Å²) in [7, 11) is 1.70. The van der Waals surface area contributed by atoms with Crippen molar-refractivity contribution in [1.29, 1.82) is 0 Å². The number of fused-ring (bicyclic) bond motifs is 1. The molecule has 0 aliphatic carbocycles. The Labute approximate surface area is 174 Å². The molecule has 1 amide bonds. The summed E-state index contributed by atoms with van der Waals surface area (Å²) < 4.78 is 7.14. The molecule has 29 heavy (non-hydrogen) atoms. The second-order valence-corrected chi connectivity index (χ2v) is 8.41. The molecule has 0 aliphatic rings. The smallest absolute Gasteiger partial charge is 0.339 e. The monoisotopic (exact) mass is 414 g/mol. The molecule has 0 saturated heterocycles. The van der Waals surface area contributed by atoms with Crippen molar-refractivity contribution in [3.63, 3.8) is 0 Å². The van der Waals surface area contributed by atoms with Crippen LogP contribution in [0.1, 0.15) is 61.3 Å². The minimum Gasteiger partial charge on any atom is -0.452 e. The summed E-state index contributed by atoms with van der Waals surface area (Å²) in [5.74, 6) is -0.656. The van der Waals surface area contributed by atoms with Crippen LogP contribution in [0.15, 0.2) is 29.1 Å². The number of ether oxygens (including phenoxy) is 1. The largest absolute Gasteiger partial charge is 0.452 e. The molecular weight excluding hydrogens is 388 g/mol. The molecule has 3 rings (SSSR count). The van der Waals surface area contributed by atoms with Crippen molar-refractivity contribution in [2.45, 2.75) is 46.2 Å². The van der Waals surface area contributed by atoms with E-state index in [1.165, 1.54) is 0 Å². The molecule has 0 aliphatic heterocycles. The summed E-state index contributed by atoms with van der Waals surface area (Å²) in [6, 6.07) is 3.81. The fourth-order valence-electron chi connectivity index (χ4n) is 2.94. The van der Waals surface area contributed by atoms with Gasteiger partial charge in [-0.05, 0) is 48.2 Å². The summed E-state index contributed by atoms with van der Waals surface area (Å²) in [6.45, 7) is 8.23. The van der Waals surface area contributed by atoms with E-state index in [9.17, 15) is 9.59 Å². The molecule has 0 N–H and O–H groups in total. The maximum atomic E-state index is 12.8.